The molecule has 1 rings (SSSR count). The highest BCUT2D eigenvalue weighted by Crippen LogP contribution is 2.39. The highest BCUT2D eigenvalue weighted by molar-refractivity contribution is 5.77. The molecule has 0 aliphatic heterocycles. The molecule has 1 aliphatic rings. The summed E-state index contributed by atoms with van der Waals surface area (Å²) in [5.41, 5.74) is 5.36. The summed E-state index contributed by atoms with van der Waals surface area (Å²) in [7, 11) is 0. The second kappa shape index (κ2) is 5.50. The molecule has 0 spiro atoms. The van der Waals surface area contributed by atoms with Gasteiger partial charge in [-0.1, -0.05) is 26.2 Å². The van der Waals surface area contributed by atoms with Crippen molar-refractivity contribution < 1.29 is 9.53 Å². The lowest BCUT2D eigenvalue weighted by Gasteiger charge is -2.36. The number of nitrogens with two attached hydrogens (primary N) is 1. The zero-order valence-electron chi connectivity index (χ0n) is 9.92. The first-order valence-electron chi connectivity index (χ1n) is 6.05. The fourth-order valence-corrected chi connectivity index (χ4v) is 2.22. The molecule has 2 N–H and O–H groups in total. The van der Waals surface area contributed by atoms with Gasteiger partial charge >= 0.3 is 5.97 Å². The monoisotopic (exact) mass is 213 g/mol. The molecule has 15 heavy (non-hydrogen) atoms. The molecule has 1 aliphatic carbocycles. The number of ether oxygens (including phenoxy) is 1. The highest BCUT2D eigenvalue weighted by atomic mass is 16.5. The molecule has 1 atom stereocenters. The molecule has 1 saturated carbocycles. The second-order valence-electron chi connectivity index (χ2n) is 4.56. The van der Waals surface area contributed by atoms with Crippen molar-refractivity contribution in [2.45, 2.75) is 46.0 Å². The predicted molar refractivity (Wildman–Crippen MR) is 60.4 cm³/mol. The van der Waals surface area contributed by atoms with Crippen LogP contribution in [0.25, 0.3) is 0 Å². The Morgan fingerprint density at radius 1 is 1.47 bits per heavy atom. The number of rotatable bonds is 6. The Balaban J connectivity index is 2.61. The molecule has 0 aromatic rings. The molecule has 1 unspecified atom stereocenters. The van der Waals surface area contributed by atoms with Crippen LogP contribution in [-0.4, -0.2) is 19.1 Å². The van der Waals surface area contributed by atoms with Gasteiger partial charge in [0.05, 0.1) is 12.0 Å². The second-order valence-corrected chi connectivity index (χ2v) is 4.56. The first-order valence-corrected chi connectivity index (χ1v) is 6.05. The molecule has 88 valence electrons. The number of carbonyl (C=O) groups is 1. The van der Waals surface area contributed by atoms with Crippen molar-refractivity contribution in [1.82, 2.24) is 0 Å². The lowest BCUT2D eigenvalue weighted by atomic mass is 9.70. The standard InChI is InChI=1S/C12H23NO2/c1-3-12(9-13,11(14)15-4-2)8-10-6-5-7-10/h10H,3-9,13H2,1-2H3. The molecule has 3 nitrogen and oxygen atoms in total. The van der Waals surface area contributed by atoms with Crippen LogP contribution in [0.5, 0.6) is 0 Å². The Morgan fingerprint density at radius 2 is 2.13 bits per heavy atom. The van der Waals surface area contributed by atoms with Crippen molar-refractivity contribution >= 4 is 5.97 Å². The van der Waals surface area contributed by atoms with E-state index >= 15 is 0 Å². The van der Waals surface area contributed by atoms with E-state index in [-0.39, 0.29) is 5.97 Å². The van der Waals surface area contributed by atoms with Crippen molar-refractivity contribution in [2.24, 2.45) is 17.1 Å². The number of carbonyl (C=O) groups excluding carboxylic acids is 1. The van der Waals surface area contributed by atoms with Crippen LogP contribution in [0, 0.1) is 11.3 Å². The van der Waals surface area contributed by atoms with Crippen LogP contribution < -0.4 is 5.73 Å². The SMILES string of the molecule is CCOC(=O)C(CC)(CN)CC1CCC1. The number of hydrogen-bond donors (Lipinski definition) is 1. The van der Waals surface area contributed by atoms with Crippen molar-refractivity contribution in [3.8, 4) is 0 Å². The van der Waals surface area contributed by atoms with Crippen molar-refractivity contribution in [2.75, 3.05) is 13.2 Å². The zero-order valence-corrected chi connectivity index (χ0v) is 9.92. The minimum Gasteiger partial charge on any atom is -0.466 e. The van der Waals surface area contributed by atoms with E-state index in [1.807, 2.05) is 13.8 Å². The molecule has 0 amide bonds. The third kappa shape index (κ3) is 2.71. The Kier molecular flexibility index (Phi) is 4.58. The lowest BCUT2D eigenvalue weighted by molar-refractivity contribution is -0.156. The summed E-state index contributed by atoms with van der Waals surface area (Å²) in [6, 6.07) is 0. The summed E-state index contributed by atoms with van der Waals surface area (Å²) < 4.78 is 5.14. The maximum absolute atomic E-state index is 11.9. The van der Waals surface area contributed by atoms with Crippen LogP contribution in [0.3, 0.4) is 0 Å². The summed E-state index contributed by atoms with van der Waals surface area (Å²) in [6.45, 7) is 4.74. The summed E-state index contributed by atoms with van der Waals surface area (Å²) in [5.74, 6) is 0.597. The van der Waals surface area contributed by atoms with E-state index in [4.69, 9.17) is 10.5 Å². The molecule has 0 radical (unpaired) electrons. The van der Waals surface area contributed by atoms with E-state index in [9.17, 15) is 4.79 Å². The van der Waals surface area contributed by atoms with Gasteiger partial charge in [-0.3, -0.25) is 4.79 Å². The van der Waals surface area contributed by atoms with Gasteiger partial charge in [0.15, 0.2) is 0 Å². The number of hydrogen-bond acceptors (Lipinski definition) is 3. The van der Waals surface area contributed by atoms with Gasteiger partial charge in [0.25, 0.3) is 0 Å². The van der Waals surface area contributed by atoms with E-state index in [0.717, 1.165) is 12.8 Å². The minimum atomic E-state index is -0.416. The van der Waals surface area contributed by atoms with Gasteiger partial charge in [-0.25, -0.2) is 0 Å². The van der Waals surface area contributed by atoms with Gasteiger partial charge in [-0.2, -0.15) is 0 Å². The quantitative estimate of drug-likeness (QED) is 0.687. The van der Waals surface area contributed by atoms with E-state index in [1.54, 1.807) is 0 Å². The van der Waals surface area contributed by atoms with E-state index < -0.39 is 5.41 Å². The van der Waals surface area contributed by atoms with Crippen molar-refractivity contribution in [3.63, 3.8) is 0 Å². The smallest absolute Gasteiger partial charge is 0.313 e. The minimum absolute atomic E-state index is 0.0955. The van der Waals surface area contributed by atoms with Gasteiger partial charge in [-0.05, 0) is 25.7 Å². The van der Waals surface area contributed by atoms with E-state index in [2.05, 4.69) is 0 Å². The normalized spacial score (nSPS) is 20.5. The lowest BCUT2D eigenvalue weighted by Crippen LogP contribution is -2.42. The molecule has 3 heteroatoms. The summed E-state index contributed by atoms with van der Waals surface area (Å²) in [5, 5.41) is 0. The third-order valence-electron chi connectivity index (χ3n) is 3.68. The van der Waals surface area contributed by atoms with Crippen LogP contribution in [-0.2, 0) is 9.53 Å². The molecule has 0 aromatic heterocycles. The summed E-state index contributed by atoms with van der Waals surface area (Å²) in [4.78, 5) is 11.9. The topological polar surface area (TPSA) is 52.3 Å². The molecular formula is C12H23NO2. The zero-order chi connectivity index (χ0) is 11.3. The fourth-order valence-electron chi connectivity index (χ4n) is 2.22. The van der Waals surface area contributed by atoms with Crippen LogP contribution in [0.4, 0.5) is 0 Å². The van der Waals surface area contributed by atoms with Crippen LogP contribution >= 0.6 is 0 Å². The first kappa shape index (κ1) is 12.5. The Bertz CT molecular complexity index is 208. The Hall–Kier alpha value is -0.570. The average Bonchev–Trinajstić information content (AvgIpc) is 2.18. The first-order chi connectivity index (χ1) is 7.18. The fraction of sp³-hybridized carbons (Fsp3) is 0.917. The van der Waals surface area contributed by atoms with Gasteiger partial charge in [-0.15, -0.1) is 0 Å². The van der Waals surface area contributed by atoms with Gasteiger partial charge < -0.3 is 10.5 Å². The molecule has 0 bridgehead atoms. The van der Waals surface area contributed by atoms with Crippen molar-refractivity contribution in [3.05, 3.63) is 0 Å². The van der Waals surface area contributed by atoms with E-state index in [1.165, 1.54) is 19.3 Å². The van der Waals surface area contributed by atoms with Gasteiger partial charge in [0, 0.05) is 6.54 Å². The maximum atomic E-state index is 11.9. The van der Waals surface area contributed by atoms with Crippen LogP contribution in [0.1, 0.15) is 46.0 Å². The van der Waals surface area contributed by atoms with Crippen molar-refractivity contribution in [1.29, 1.82) is 0 Å². The molecule has 1 fully saturated rings. The molecule has 0 heterocycles. The summed E-state index contributed by atoms with van der Waals surface area (Å²) in [6.07, 6.45) is 5.51. The van der Waals surface area contributed by atoms with Crippen LogP contribution in [0.15, 0.2) is 0 Å². The highest BCUT2D eigenvalue weighted by Gasteiger charge is 2.40. The molecular weight excluding hydrogens is 190 g/mol. The largest absolute Gasteiger partial charge is 0.466 e. The van der Waals surface area contributed by atoms with E-state index in [0.29, 0.717) is 19.1 Å². The molecule has 0 saturated heterocycles. The number of esters is 1. The average molecular weight is 213 g/mol. The summed E-state index contributed by atoms with van der Waals surface area (Å²) >= 11 is 0. The predicted octanol–water partition coefficient (Wildman–Crippen LogP) is 2.09. The Labute approximate surface area is 92.4 Å². The Morgan fingerprint density at radius 3 is 2.47 bits per heavy atom. The van der Waals surface area contributed by atoms with Gasteiger partial charge in [0.1, 0.15) is 0 Å². The van der Waals surface area contributed by atoms with Gasteiger partial charge in [0.2, 0.25) is 0 Å². The van der Waals surface area contributed by atoms with Crippen LogP contribution in [0.2, 0.25) is 0 Å². The molecule has 0 aromatic carbocycles. The maximum Gasteiger partial charge on any atom is 0.313 e. The third-order valence-corrected chi connectivity index (χ3v) is 3.68.